The van der Waals surface area contributed by atoms with Crippen molar-refractivity contribution >= 4 is 12.0 Å². The highest BCUT2D eigenvalue weighted by molar-refractivity contribution is 5.74. The number of carbonyl (C=O) groups is 2. The Morgan fingerprint density at radius 1 is 1.30 bits per heavy atom. The first-order chi connectivity index (χ1) is 9.49. The number of rotatable bonds is 6. The monoisotopic (exact) mass is 286 g/mol. The van der Waals surface area contributed by atoms with E-state index in [4.69, 9.17) is 9.84 Å². The molecule has 0 aliphatic carbocycles. The molecule has 20 heavy (non-hydrogen) atoms. The Balaban J connectivity index is 2.39. The molecule has 116 valence electrons. The van der Waals surface area contributed by atoms with E-state index in [-0.39, 0.29) is 18.4 Å². The number of ether oxygens (including phenoxy) is 1. The number of aliphatic carboxylic acids is 1. The van der Waals surface area contributed by atoms with Gasteiger partial charge in [0.05, 0.1) is 6.61 Å². The van der Waals surface area contributed by atoms with Crippen LogP contribution in [0.2, 0.25) is 0 Å². The number of hydrogen-bond donors (Lipinski definition) is 2. The van der Waals surface area contributed by atoms with Gasteiger partial charge in [0.1, 0.15) is 0 Å². The van der Waals surface area contributed by atoms with Gasteiger partial charge in [0.15, 0.2) is 0 Å². The molecule has 6 nitrogen and oxygen atoms in total. The number of urea groups is 1. The van der Waals surface area contributed by atoms with E-state index in [1.165, 1.54) is 0 Å². The molecule has 1 unspecified atom stereocenters. The van der Waals surface area contributed by atoms with E-state index >= 15 is 0 Å². The van der Waals surface area contributed by atoms with Gasteiger partial charge in [-0.25, -0.2) is 4.79 Å². The van der Waals surface area contributed by atoms with Crippen LogP contribution in [0.1, 0.15) is 33.1 Å². The Morgan fingerprint density at radius 3 is 2.70 bits per heavy atom. The Hall–Kier alpha value is -1.30. The standard InChI is InChI=1S/C14H26N2O4/c1-11(2)8-12(9-13(17)18)10-15-14(19)16-4-3-6-20-7-5-16/h11-12H,3-10H2,1-2H3,(H,15,19)(H,17,18). The SMILES string of the molecule is CC(C)CC(CNC(=O)N1CCCOCC1)CC(=O)O. The second-order valence-corrected chi connectivity index (χ2v) is 5.73. The summed E-state index contributed by atoms with van der Waals surface area (Å²) in [6.45, 7) is 7.09. The van der Waals surface area contributed by atoms with Crippen LogP contribution in [0.3, 0.4) is 0 Å². The predicted molar refractivity (Wildman–Crippen MR) is 75.6 cm³/mol. The molecule has 0 radical (unpaired) electrons. The van der Waals surface area contributed by atoms with Crippen molar-refractivity contribution in [2.75, 3.05) is 32.8 Å². The molecule has 0 spiro atoms. The van der Waals surface area contributed by atoms with Crippen LogP contribution < -0.4 is 5.32 Å². The summed E-state index contributed by atoms with van der Waals surface area (Å²) in [4.78, 5) is 24.6. The van der Waals surface area contributed by atoms with Crippen LogP contribution in [0.5, 0.6) is 0 Å². The summed E-state index contributed by atoms with van der Waals surface area (Å²) >= 11 is 0. The van der Waals surface area contributed by atoms with Gasteiger partial charge < -0.3 is 20.1 Å². The quantitative estimate of drug-likeness (QED) is 0.776. The van der Waals surface area contributed by atoms with E-state index in [0.29, 0.717) is 38.8 Å². The van der Waals surface area contributed by atoms with E-state index in [9.17, 15) is 9.59 Å². The Morgan fingerprint density at radius 2 is 2.05 bits per heavy atom. The molecule has 2 amide bonds. The van der Waals surface area contributed by atoms with Crippen molar-refractivity contribution in [3.05, 3.63) is 0 Å². The van der Waals surface area contributed by atoms with Crippen molar-refractivity contribution in [2.45, 2.75) is 33.1 Å². The second kappa shape index (κ2) is 8.79. The third kappa shape index (κ3) is 6.75. The van der Waals surface area contributed by atoms with Crippen LogP contribution in [-0.2, 0) is 9.53 Å². The molecule has 6 heteroatoms. The third-order valence-corrected chi connectivity index (χ3v) is 3.32. The largest absolute Gasteiger partial charge is 0.481 e. The smallest absolute Gasteiger partial charge is 0.317 e. The van der Waals surface area contributed by atoms with Crippen LogP contribution in [0.4, 0.5) is 4.79 Å². The Kier molecular flexibility index (Phi) is 7.36. The molecule has 0 aromatic rings. The lowest BCUT2D eigenvalue weighted by molar-refractivity contribution is -0.138. The normalized spacial score (nSPS) is 17.6. The lowest BCUT2D eigenvalue weighted by atomic mass is 9.94. The zero-order valence-corrected chi connectivity index (χ0v) is 12.4. The number of hydrogen-bond acceptors (Lipinski definition) is 3. The first-order valence-corrected chi connectivity index (χ1v) is 7.31. The zero-order valence-electron chi connectivity index (χ0n) is 12.4. The van der Waals surface area contributed by atoms with Crippen molar-refractivity contribution in [1.82, 2.24) is 10.2 Å². The van der Waals surface area contributed by atoms with Crippen LogP contribution in [0, 0.1) is 11.8 Å². The summed E-state index contributed by atoms with van der Waals surface area (Å²) in [5.74, 6) is -0.407. The van der Waals surface area contributed by atoms with Crippen LogP contribution in [-0.4, -0.2) is 54.9 Å². The molecule has 0 saturated carbocycles. The molecule has 1 aliphatic rings. The van der Waals surface area contributed by atoms with Crippen molar-refractivity contribution in [3.8, 4) is 0 Å². The first kappa shape index (κ1) is 16.8. The molecule has 0 aromatic heterocycles. The molecule has 0 aromatic carbocycles. The van der Waals surface area contributed by atoms with Gasteiger partial charge in [-0.05, 0) is 24.7 Å². The molecule has 1 saturated heterocycles. The van der Waals surface area contributed by atoms with Gasteiger partial charge in [-0.1, -0.05) is 13.8 Å². The summed E-state index contributed by atoms with van der Waals surface area (Å²) in [6.07, 6.45) is 1.75. The van der Waals surface area contributed by atoms with Crippen molar-refractivity contribution < 1.29 is 19.4 Å². The number of carboxylic acids is 1. The van der Waals surface area contributed by atoms with Gasteiger partial charge in [0.2, 0.25) is 0 Å². The number of nitrogens with zero attached hydrogens (tertiary/aromatic N) is 1. The minimum Gasteiger partial charge on any atom is -0.481 e. The average Bonchev–Trinajstić information content (AvgIpc) is 2.63. The molecule has 1 rings (SSSR count). The zero-order chi connectivity index (χ0) is 15.0. The first-order valence-electron chi connectivity index (χ1n) is 7.31. The van der Waals surface area contributed by atoms with Crippen molar-refractivity contribution in [3.63, 3.8) is 0 Å². The lowest BCUT2D eigenvalue weighted by Crippen LogP contribution is -2.43. The third-order valence-electron chi connectivity index (χ3n) is 3.32. The van der Waals surface area contributed by atoms with Crippen molar-refractivity contribution in [1.29, 1.82) is 0 Å². The lowest BCUT2D eigenvalue weighted by Gasteiger charge is -2.23. The minimum absolute atomic E-state index is 0.0142. The molecule has 2 N–H and O–H groups in total. The van der Waals surface area contributed by atoms with Crippen LogP contribution >= 0.6 is 0 Å². The van der Waals surface area contributed by atoms with E-state index < -0.39 is 5.97 Å². The maximum absolute atomic E-state index is 12.0. The Labute approximate surface area is 120 Å². The van der Waals surface area contributed by atoms with Gasteiger partial charge in [0.25, 0.3) is 0 Å². The summed E-state index contributed by atoms with van der Waals surface area (Å²) in [6, 6.07) is -0.116. The van der Waals surface area contributed by atoms with E-state index in [2.05, 4.69) is 19.2 Å². The highest BCUT2D eigenvalue weighted by Crippen LogP contribution is 2.15. The molecule has 1 fully saturated rings. The molecule has 1 aliphatic heterocycles. The summed E-state index contributed by atoms with van der Waals surface area (Å²) in [5.41, 5.74) is 0. The van der Waals surface area contributed by atoms with Gasteiger partial charge >= 0.3 is 12.0 Å². The van der Waals surface area contributed by atoms with Crippen LogP contribution in [0.15, 0.2) is 0 Å². The van der Waals surface area contributed by atoms with Crippen molar-refractivity contribution in [2.24, 2.45) is 11.8 Å². The van der Waals surface area contributed by atoms with Gasteiger partial charge in [-0.3, -0.25) is 4.79 Å². The van der Waals surface area contributed by atoms with Crippen LogP contribution in [0.25, 0.3) is 0 Å². The summed E-state index contributed by atoms with van der Waals surface area (Å²) < 4.78 is 5.31. The number of carbonyl (C=O) groups excluding carboxylic acids is 1. The summed E-state index contributed by atoms with van der Waals surface area (Å²) in [7, 11) is 0. The second-order valence-electron chi connectivity index (χ2n) is 5.73. The minimum atomic E-state index is -0.812. The Bertz CT molecular complexity index is 312. The maximum atomic E-state index is 12.0. The highest BCUT2D eigenvalue weighted by atomic mass is 16.5. The molecule has 1 heterocycles. The fourth-order valence-corrected chi connectivity index (χ4v) is 2.45. The topological polar surface area (TPSA) is 78.9 Å². The molecular weight excluding hydrogens is 260 g/mol. The summed E-state index contributed by atoms with van der Waals surface area (Å²) in [5, 5.41) is 11.8. The van der Waals surface area contributed by atoms with Gasteiger partial charge in [-0.15, -0.1) is 0 Å². The predicted octanol–water partition coefficient (Wildman–Crippen LogP) is 1.56. The van der Waals surface area contributed by atoms with Gasteiger partial charge in [-0.2, -0.15) is 0 Å². The molecular formula is C14H26N2O4. The molecule has 1 atom stereocenters. The van der Waals surface area contributed by atoms with E-state index in [0.717, 1.165) is 12.8 Å². The average molecular weight is 286 g/mol. The van der Waals surface area contributed by atoms with Gasteiger partial charge in [0, 0.05) is 32.7 Å². The van der Waals surface area contributed by atoms with E-state index in [1.807, 2.05) is 0 Å². The number of amides is 2. The number of nitrogens with one attached hydrogen (secondary N) is 1. The molecule has 0 bridgehead atoms. The fourth-order valence-electron chi connectivity index (χ4n) is 2.45. The highest BCUT2D eigenvalue weighted by Gasteiger charge is 2.19. The van der Waals surface area contributed by atoms with E-state index in [1.54, 1.807) is 4.90 Å². The maximum Gasteiger partial charge on any atom is 0.317 e. The fraction of sp³-hybridized carbons (Fsp3) is 0.857. The number of carboxylic acid groups (broad SMARTS) is 1.